The molecule has 2 bridgehead atoms. The van der Waals surface area contributed by atoms with Gasteiger partial charge in [-0.3, -0.25) is 0 Å². The van der Waals surface area contributed by atoms with Gasteiger partial charge in [0, 0.05) is 0 Å². The summed E-state index contributed by atoms with van der Waals surface area (Å²) in [6.07, 6.45) is 6.01. The van der Waals surface area contributed by atoms with Gasteiger partial charge < -0.3 is 0 Å². The maximum absolute atomic E-state index is 2.64. The zero-order valence-corrected chi connectivity index (χ0v) is 13.3. The first-order chi connectivity index (χ1) is 8.35. The molecule has 0 aromatic heterocycles. The van der Waals surface area contributed by atoms with Gasteiger partial charge in [-0.05, 0) is 72.0 Å². The van der Waals surface area contributed by atoms with Gasteiger partial charge in [0.1, 0.15) is 0 Å². The van der Waals surface area contributed by atoms with Crippen molar-refractivity contribution in [2.45, 2.75) is 67.2 Å². The van der Waals surface area contributed by atoms with E-state index in [0.717, 1.165) is 35.5 Å². The molecule has 3 rings (SSSR count). The van der Waals surface area contributed by atoms with E-state index in [1.54, 1.807) is 12.8 Å². The van der Waals surface area contributed by atoms with E-state index in [1.807, 2.05) is 0 Å². The van der Waals surface area contributed by atoms with E-state index >= 15 is 0 Å². The molecule has 7 unspecified atom stereocenters. The summed E-state index contributed by atoms with van der Waals surface area (Å²) in [7, 11) is 0. The summed E-state index contributed by atoms with van der Waals surface area (Å²) in [5, 5.41) is 0. The molecule has 0 radical (unpaired) electrons. The highest BCUT2D eigenvalue weighted by Gasteiger charge is 2.70. The van der Waals surface area contributed by atoms with Crippen molar-refractivity contribution in [1.29, 1.82) is 0 Å². The van der Waals surface area contributed by atoms with Gasteiger partial charge in [-0.2, -0.15) is 0 Å². The SMILES string of the molecule is CCC1(C)C2CC3CC2C1(C)CC(C)C3C(C)C. The van der Waals surface area contributed by atoms with Crippen molar-refractivity contribution in [3.8, 4) is 0 Å². The van der Waals surface area contributed by atoms with E-state index in [4.69, 9.17) is 0 Å². The van der Waals surface area contributed by atoms with Crippen LogP contribution in [0.3, 0.4) is 0 Å². The molecule has 0 spiro atoms. The highest BCUT2D eigenvalue weighted by Crippen LogP contribution is 2.77. The summed E-state index contributed by atoms with van der Waals surface area (Å²) in [5.41, 5.74) is 1.31. The second kappa shape index (κ2) is 3.76. The lowest BCUT2D eigenvalue weighted by Crippen LogP contribution is -2.61. The van der Waals surface area contributed by atoms with E-state index in [0.29, 0.717) is 10.8 Å². The first-order valence-electron chi connectivity index (χ1n) is 8.35. The van der Waals surface area contributed by atoms with Gasteiger partial charge in [-0.15, -0.1) is 0 Å². The smallest absolute Gasteiger partial charge is 0.0235 e. The maximum atomic E-state index is 2.64. The minimum absolute atomic E-state index is 0.655. The Bertz CT molecular complexity index is 344. The molecule has 0 aromatic carbocycles. The molecule has 0 aromatic rings. The van der Waals surface area contributed by atoms with Crippen LogP contribution in [0, 0.1) is 46.3 Å². The van der Waals surface area contributed by atoms with Gasteiger partial charge in [-0.25, -0.2) is 0 Å². The average Bonchev–Trinajstić information content (AvgIpc) is 2.66. The fraction of sp³-hybridized carbons (Fsp3) is 1.00. The lowest BCUT2D eigenvalue weighted by Gasteiger charge is -2.67. The van der Waals surface area contributed by atoms with Crippen LogP contribution in [0.1, 0.15) is 67.2 Å². The highest BCUT2D eigenvalue weighted by atomic mass is 14.7. The Hall–Kier alpha value is 0. The van der Waals surface area contributed by atoms with Gasteiger partial charge in [0.2, 0.25) is 0 Å². The van der Waals surface area contributed by atoms with Crippen LogP contribution in [0.15, 0.2) is 0 Å². The van der Waals surface area contributed by atoms with Crippen molar-refractivity contribution in [3.63, 3.8) is 0 Å². The third kappa shape index (κ3) is 1.28. The zero-order chi connectivity index (χ0) is 13.3. The van der Waals surface area contributed by atoms with Crippen molar-refractivity contribution in [3.05, 3.63) is 0 Å². The number of fused-ring (bicyclic) bond motifs is 1. The first-order valence-corrected chi connectivity index (χ1v) is 8.35. The van der Waals surface area contributed by atoms with Crippen LogP contribution in [0.25, 0.3) is 0 Å². The average molecular weight is 248 g/mol. The third-order valence-corrected chi connectivity index (χ3v) is 7.99. The predicted molar refractivity (Wildman–Crippen MR) is 78.3 cm³/mol. The quantitative estimate of drug-likeness (QED) is 0.615. The molecule has 0 heterocycles. The van der Waals surface area contributed by atoms with Crippen molar-refractivity contribution in [2.24, 2.45) is 46.3 Å². The molecule has 0 N–H and O–H groups in total. The van der Waals surface area contributed by atoms with Crippen molar-refractivity contribution in [1.82, 2.24) is 0 Å². The summed E-state index contributed by atoms with van der Waals surface area (Å²) < 4.78 is 0. The lowest BCUT2D eigenvalue weighted by molar-refractivity contribution is -0.190. The van der Waals surface area contributed by atoms with E-state index in [9.17, 15) is 0 Å². The number of hydrogen-bond donors (Lipinski definition) is 0. The van der Waals surface area contributed by atoms with Gasteiger partial charge in [0.15, 0.2) is 0 Å². The van der Waals surface area contributed by atoms with Crippen molar-refractivity contribution in [2.75, 3.05) is 0 Å². The fourth-order valence-corrected chi connectivity index (χ4v) is 7.07. The Kier molecular flexibility index (Phi) is 2.72. The molecular formula is C18H32. The molecule has 0 aliphatic heterocycles. The van der Waals surface area contributed by atoms with Crippen LogP contribution in [-0.2, 0) is 0 Å². The third-order valence-electron chi connectivity index (χ3n) is 7.99. The van der Waals surface area contributed by atoms with Crippen molar-refractivity contribution < 1.29 is 0 Å². The predicted octanol–water partition coefficient (Wildman–Crippen LogP) is 5.38. The minimum Gasteiger partial charge on any atom is -0.0648 e. The summed E-state index contributed by atoms with van der Waals surface area (Å²) >= 11 is 0. The molecule has 3 aliphatic rings. The van der Waals surface area contributed by atoms with Gasteiger partial charge in [-0.1, -0.05) is 41.5 Å². The van der Waals surface area contributed by atoms with Gasteiger partial charge in [0.25, 0.3) is 0 Å². The second-order valence-corrected chi connectivity index (χ2v) is 8.64. The normalized spacial score (nSPS) is 58.5. The van der Waals surface area contributed by atoms with E-state index < -0.39 is 0 Å². The molecule has 18 heavy (non-hydrogen) atoms. The molecule has 3 fully saturated rings. The van der Waals surface area contributed by atoms with Crippen LogP contribution < -0.4 is 0 Å². The summed E-state index contributed by atoms with van der Waals surface area (Å²) in [6, 6.07) is 0. The monoisotopic (exact) mass is 248 g/mol. The van der Waals surface area contributed by atoms with E-state index in [2.05, 4.69) is 41.5 Å². The Morgan fingerprint density at radius 1 is 1.11 bits per heavy atom. The minimum atomic E-state index is 0.655. The largest absolute Gasteiger partial charge is 0.0648 e. The molecule has 0 heteroatoms. The van der Waals surface area contributed by atoms with E-state index in [-0.39, 0.29) is 0 Å². The molecule has 7 atom stereocenters. The topological polar surface area (TPSA) is 0 Å². The van der Waals surface area contributed by atoms with Crippen LogP contribution >= 0.6 is 0 Å². The highest BCUT2D eigenvalue weighted by molar-refractivity contribution is 5.18. The van der Waals surface area contributed by atoms with Gasteiger partial charge >= 0.3 is 0 Å². The van der Waals surface area contributed by atoms with Gasteiger partial charge in [0.05, 0.1) is 0 Å². The Balaban J connectivity index is 1.96. The summed E-state index contributed by atoms with van der Waals surface area (Å²) in [5.74, 6) is 6.01. The van der Waals surface area contributed by atoms with Crippen LogP contribution in [0.2, 0.25) is 0 Å². The molecule has 0 nitrogen and oxygen atoms in total. The molecule has 3 aliphatic carbocycles. The molecular weight excluding hydrogens is 216 g/mol. The first kappa shape index (κ1) is 13.0. The summed E-state index contributed by atoms with van der Waals surface area (Å²) in [4.78, 5) is 0. The lowest BCUT2D eigenvalue weighted by atomic mass is 9.37. The van der Waals surface area contributed by atoms with Crippen LogP contribution in [0.5, 0.6) is 0 Å². The Morgan fingerprint density at radius 2 is 1.72 bits per heavy atom. The second-order valence-electron chi connectivity index (χ2n) is 8.64. The molecule has 0 amide bonds. The number of rotatable bonds is 2. The Morgan fingerprint density at radius 3 is 2.28 bits per heavy atom. The number of hydrogen-bond acceptors (Lipinski definition) is 0. The molecule has 3 saturated carbocycles. The van der Waals surface area contributed by atoms with Crippen molar-refractivity contribution >= 4 is 0 Å². The molecule has 104 valence electrons. The Labute approximate surface area is 114 Å². The van der Waals surface area contributed by atoms with Crippen LogP contribution in [0.4, 0.5) is 0 Å². The van der Waals surface area contributed by atoms with Crippen LogP contribution in [-0.4, -0.2) is 0 Å². The maximum Gasteiger partial charge on any atom is -0.0235 e. The standard InChI is InChI=1S/C18H32/c1-7-17(5)14-8-13-9-15(14)18(17,6)10-12(4)16(13)11(2)3/h11-16H,7-10H2,1-6H3. The molecule has 0 saturated heterocycles. The zero-order valence-electron chi connectivity index (χ0n) is 13.3. The fourth-order valence-electron chi connectivity index (χ4n) is 7.07. The summed E-state index contributed by atoms with van der Waals surface area (Å²) in [6.45, 7) is 15.2. The van der Waals surface area contributed by atoms with E-state index in [1.165, 1.54) is 12.8 Å².